The van der Waals surface area contributed by atoms with E-state index in [4.69, 9.17) is 0 Å². The van der Waals surface area contributed by atoms with Crippen LogP contribution >= 0.6 is 0 Å². The molecule has 1 heterocycles. The van der Waals surface area contributed by atoms with Crippen LogP contribution in [0.2, 0.25) is 0 Å². The molecule has 0 spiro atoms. The van der Waals surface area contributed by atoms with Gasteiger partial charge in [-0.25, -0.2) is 0 Å². The molecule has 1 aromatic heterocycles. The Morgan fingerprint density at radius 1 is 1.37 bits per heavy atom. The summed E-state index contributed by atoms with van der Waals surface area (Å²) in [6, 6.07) is 7.64. The second kappa shape index (κ2) is 5.56. The zero-order valence-electron chi connectivity index (χ0n) is 11.4. The fourth-order valence-electron chi connectivity index (χ4n) is 1.89. The van der Waals surface area contributed by atoms with Gasteiger partial charge in [0.1, 0.15) is 0 Å². The van der Waals surface area contributed by atoms with Crippen molar-refractivity contribution in [1.82, 2.24) is 15.1 Å². The first-order chi connectivity index (χ1) is 9.10. The Bertz CT molecular complexity index is 589. The molecule has 5 heteroatoms. The van der Waals surface area contributed by atoms with Gasteiger partial charge in [-0.15, -0.1) is 0 Å². The van der Waals surface area contributed by atoms with Gasteiger partial charge in [-0.1, -0.05) is 11.6 Å². The highest BCUT2D eigenvalue weighted by molar-refractivity contribution is 5.99. The van der Waals surface area contributed by atoms with Crippen LogP contribution in [0.25, 0.3) is 0 Å². The third-order valence-electron chi connectivity index (χ3n) is 2.89. The Balaban J connectivity index is 2.09. The van der Waals surface area contributed by atoms with E-state index >= 15 is 0 Å². The lowest BCUT2D eigenvalue weighted by atomic mass is 10.1. The predicted octanol–water partition coefficient (Wildman–Crippen LogP) is 1.70. The van der Waals surface area contributed by atoms with Crippen LogP contribution < -0.4 is 10.6 Å². The van der Waals surface area contributed by atoms with Crippen LogP contribution in [-0.4, -0.2) is 22.7 Å². The van der Waals surface area contributed by atoms with Crippen molar-refractivity contribution in [2.75, 3.05) is 12.4 Å². The maximum absolute atomic E-state index is 12.2. The van der Waals surface area contributed by atoms with E-state index in [1.165, 1.54) is 0 Å². The highest BCUT2D eigenvalue weighted by atomic mass is 16.1. The molecule has 0 saturated carbocycles. The standard InChI is InChI=1S/C14H18N4O/c1-10-4-5-13(15-2)12(8-10)14(19)16-9-11-6-7-18(3)17-11/h4-8,15H,9H2,1-3H3,(H,16,19). The molecular formula is C14H18N4O. The number of aryl methyl sites for hydroxylation is 2. The third-order valence-corrected chi connectivity index (χ3v) is 2.89. The summed E-state index contributed by atoms with van der Waals surface area (Å²) in [6.45, 7) is 2.39. The minimum atomic E-state index is -0.0984. The van der Waals surface area contributed by atoms with Crippen molar-refractivity contribution in [3.8, 4) is 0 Å². The van der Waals surface area contributed by atoms with Crippen molar-refractivity contribution in [1.29, 1.82) is 0 Å². The van der Waals surface area contributed by atoms with Crippen molar-refractivity contribution in [3.05, 3.63) is 47.3 Å². The van der Waals surface area contributed by atoms with Gasteiger partial charge in [-0.3, -0.25) is 9.48 Å². The average Bonchev–Trinajstić information content (AvgIpc) is 2.81. The lowest BCUT2D eigenvalue weighted by Crippen LogP contribution is -2.24. The minimum Gasteiger partial charge on any atom is -0.387 e. The maximum atomic E-state index is 12.2. The summed E-state index contributed by atoms with van der Waals surface area (Å²) in [5.74, 6) is -0.0984. The number of aromatic nitrogens is 2. The number of hydrogen-bond donors (Lipinski definition) is 2. The molecule has 5 nitrogen and oxygen atoms in total. The Kier molecular flexibility index (Phi) is 3.85. The second-order valence-electron chi connectivity index (χ2n) is 4.46. The summed E-state index contributed by atoms with van der Waals surface area (Å²) < 4.78 is 1.72. The zero-order chi connectivity index (χ0) is 13.8. The molecule has 2 N–H and O–H groups in total. The molecule has 19 heavy (non-hydrogen) atoms. The fraction of sp³-hybridized carbons (Fsp3) is 0.286. The third kappa shape index (κ3) is 3.13. The molecule has 1 amide bonds. The minimum absolute atomic E-state index is 0.0984. The summed E-state index contributed by atoms with van der Waals surface area (Å²) in [6.07, 6.45) is 1.85. The van der Waals surface area contributed by atoms with Crippen molar-refractivity contribution >= 4 is 11.6 Å². The van der Waals surface area contributed by atoms with E-state index in [0.717, 1.165) is 16.9 Å². The molecule has 0 fully saturated rings. The quantitative estimate of drug-likeness (QED) is 0.877. The van der Waals surface area contributed by atoms with Gasteiger partial charge in [-0.2, -0.15) is 5.10 Å². The Labute approximate surface area is 112 Å². The van der Waals surface area contributed by atoms with E-state index in [0.29, 0.717) is 12.1 Å². The van der Waals surface area contributed by atoms with Crippen LogP contribution in [0, 0.1) is 6.92 Å². The Hall–Kier alpha value is -2.30. The maximum Gasteiger partial charge on any atom is 0.253 e. The van der Waals surface area contributed by atoms with Crippen LogP contribution in [0.4, 0.5) is 5.69 Å². The summed E-state index contributed by atoms with van der Waals surface area (Å²) in [7, 11) is 3.66. The topological polar surface area (TPSA) is 59.0 Å². The van der Waals surface area contributed by atoms with Crippen molar-refractivity contribution in [2.24, 2.45) is 7.05 Å². The highest BCUT2D eigenvalue weighted by Gasteiger charge is 2.11. The molecule has 2 aromatic rings. The number of hydrogen-bond acceptors (Lipinski definition) is 3. The van der Waals surface area contributed by atoms with Gasteiger partial charge in [0, 0.05) is 26.0 Å². The van der Waals surface area contributed by atoms with E-state index < -0.39 is 0 Å². The number of rotatable bonds is 4. The molecule has 0 radical (unpaired) electrons. The molecule has 0 aliphatic heterocycles. The molecule has 0 aliphatic rings. The molecular weight excluding hydrogens is 240 g/mol. The molecule has 2 rings (SSSR count). The highest BCUT2D eigenvalue weighted by Crippen LogP contribution is 2.16. The first-order valence-electron chi connectivity index (χ1n) is 6.15. The molecule has 0 atom stereocenters. The van der Waals surface area contributed by atoms with Crippen LogP contribution in [-0.2, 0) is 13.6 Å². The molecule has 0 unspecified atom stereocenters. The Morgan fingerprint density at radius 2 is 2.16 bits per heavy atom. The molecule has 100 valence electrons. The van der Waals surface area contributed by atoms with Crippen LogP contribution in [0.15, 0.2) is 30.5 Å². The summed E-state index contributed by atoms with van der Waals surface area (Å²) in [5, 5.41) is 10.1. The van der Waals surface area contributed by atoms with Gasteiger partial charge < -0.3 is 10.6 Å². The van der Waals surface area contributed by atoms with Crippen LogP contribution in [0.5, 0.6) is 0 Å². The zero-order valence-corrected chi connectivity index (χ0v) is 11.4. The number of nitrogens with zero attached hydrogens (tertiary/aromatic N) is 2. The predicted molar refractivity (Wildman–Crippen MR) is 75.1 cm³/mol. The van der Waals surface area contributed by atoms with Crippen molar-refractivity contribution < 1.29 is 4.79 Å². The largest absolute Gasteiger partial charge is 0.387 e. The number of carbonyl (C=O) groups is 1. The fourth-order valence-corrected chi connectivity index (χ4v) is 1.89. The SMILES string of the molecule is CNc1ccc(C)cc1C(=O)NCc1ccn(C)n1. The molecule has 0 bridgehead atoms. The number of anilines is 1. The van der Waals surface area contributed by atoms with E-state index in [9.17, 15) is 4.79 Å². The van der Waals surface area contributed by atoms with Gasteiger partial charge in [0.05, 0.1) is 17.8 Å². The van der Waals surface area contributed by atoms with Crippen molar-refractivity contribution in [3.63, 3.8) is 0 Å². The van der Waals surface area contributed by atoms with Gasteiger partial charge in [0.15, 0.2) is 0 Å². The number of nitrogens with one attached hydrogen (secondary N) is 2. The van der Waals surface area contributed by atoms with Crippen LogP contribution in [0.3, 0.4) is 0 Å². The van der Waals surface area contributed by atoms with E-state index in [1.807, 2.05) is 44.4 Å². The first-order valence-corrected chi connectivity index (χ1v) is 6.15. The van der Waals surface area contributed by atoms with E-state index in [-0.39, 0.29) is 5.91 Å². The summed E-state index contributed by atoms with van der Waals surface area (Å²) in [4.78, 5) is 12.2. The summed E-state index contributed by atoms with van der Waals surface area (Å²) in [5.41, 5.74) is 3.37. The number of amides is 1. The monoisotopic (exact) mass is 258 g/mol. The molecule has 0 aliphatic carbocycles. The van der Waals surface area contributed by atoms with Gasteiger partial charge in [-0.05, 0) is 25.1 Å². The number of carbonyl (C=O) groups excluding carboxylic acids is 1. The van der Waals surface area contributed by atoms with Gasteiger partial charge in [0.2, 0.25) is 0 Å². The second-order valence-corrected chi connectivity index (χ2v) is 4.46. The van der Waals surface area contributed by atoms with Crippen molar-refractivity contribution in [2.45, 2.75) is 13.5 Å². The van der Waals surface area contributed by atoms with Crippen LogP contribution in [0.1, 0.15) is 21.6 Å². The average molecular weight is 258 g/mol. The first kappa shape index (κ1) is 13.1. The molecule has 1 aromatic carbocycles. The lowest BCUT2D eigenvalue weighted by Gasteiger charge is -2.10. The molecule has 0 saturated heterocycles. The van der Waals surface area contributed by atoms with Gasteiger partial charge >= 0.3 is 0 Å². The van der Waals surface area contributed by atoms with E-state index in [1.54, 1.807) is 11.7 Å². The Morgan fingerprint density at radius 3 is 2.79 bits per heavy atom. The number of benzene rings is 1. The lowest BCUT2D eigenvalue weighted by molar-refractivity contribution is 0.0951. The smallest absolute Gasteiger partial charge is 0.253 e. The van der Waals surface area contributed by atoms with E-state index in [2.05, 4.69) is 15.7 Å². The normalized spacial score (nSPS) is 10.3. The summed E-state index contributed by atoms with van der Waals surface area (Å²) >= 11 is 0. The van der Waals surface area contributed by atoms with Gasteiger partial charge in [0.25, 0.3) is 5.91 Å².